The van der Waals surface area contributed by atoms with Crippen molar-refractivity contribution < 1.29 is 33.6 Å². The van der Waals surface area contributed by atoms with E-state index in [0.717, 1.165) is 13.1 Å². The van der Waals surface area contributed by atoms with Gasteiger partial charge in [0.25, 0.3) is 0 Å². The van der Waals surface area contributed by atoms with Gasteiger partial charge in [-0.05, 0) is 149 Å². The molecule has 0 aliphatic heterocycles. The molecule has 280 valence electrons. The Hall–Kier alpha value is -5.01. The fourth-order valence-electron chi connectivity index (χ4n) is 6.19. The summed E-state index contributed by atoms with van der Waals surface area (Å²) >= 11 is 0. The summed E-state index contributed by atoms with van der Waals surface area (Å²) in [6, 6.07) is 25.3. The van der Waals surface area contributed by atoms with Crippen LogP contribution in [0.25, 0.3) is 0 Å². The van der Waals surface area contributed by atoms with E-state index >= 15 is 0 Å². The van der Waals surface area contributed by atoms with Crippen LogP contribution in [0.4, 0.5) is 8.78 Å². The molecule has 0 saturated heterocycles. The Kier molecular flexibility index (Phi) is 15.8. The molecule has 0 radical (unpaired) electrons. The van der Waals surface area contributed by atoms with E-state index in [1.165, 1.54) is 31.2 Å². The third kappa shape index (κ3) is 11.7. The van der Waals surface area contributed by atoms with Crippen molar-refractivity contribution >= 4 is 5.97 Å². The van der Waals surface area contributed by atoms with Crippen molar-refractivity contribution in [1.29, 1.82) is 10.5 Å². The number of carbonyl (C=O) groups is 1. The summed E-state index contributed by atoms with van der Waals surface area (Å²) < 4.78 is 31.9. The molecule has 0 fully saturated rings. The predicted molar refractivity (Wildman–Crippen MR) is 198 cm³/mol. The molecule has 0 saturated carbocycles. The molecule has 9 nitrogen and oxygen atoms in total. The highest BCUT2D eigenvalue weighted by molar-refractivity contribution is 5.66. The highest BCUT2D eigenvalue weighted by atomic mass is 19.1. The summed E-state index contributed by atoms with van der Waals surface area (Å²) in [5.41, 5.74) is 1.28. The van der Waals surface area contributed by atoms with Crippen LogP contribution >= 0.6 is 0 Å². The number of rotatable bonds is 15. The second-order valence-electron chi connectivity index (χ2n) is 13.5. The number of nitriles is 2. The zero-order valence-corrected chi connectivity index (χ0v) is 30.9. The minimum absolute atomic E-state index is 0.0582. The molecule has 0 spiro atoms. The maximum Gasteiger partial charge on any atom is 0.302 e. The second-order valence-corrected chi connectivity index (χ2v) is 13.5. The molecule has 2 atom stereocenters. The average Bonchev–Trinajstić information content (AvgIpc) is 3.13. The minimum atomic E-state index is -1.41. The molecule has 0 amide bonds. The number of esters is 1. The molecule has 0 heterocycles. The van der Waals surface area contributed by atoms with Crippen molar-refractivity contribution in [3.8, 4) is 12.1 Å². The summed E-state index contributed by atoms with van der Waals surface area (Å²) in [7, 11) is 7.81. The summed E-state index contributed by atoms with van der Waals surface area (Å²) in [5, 5.41) is 51.2. The molecule has 3 N–H and O–H groups in total. The Balaban J connectivity index is 0.000000287. The number of aliphatic hydroxyl groups is 3. The van der Waals surface area contributed by atoms with Crippen LogP contribution in [0.2, 0.25) is 0 Å². The van der Waals surface area contributed by atoms with Gasteiger partial charge in [0.1, 0.15) is 29.4 Å². The fraction of sp³-hybridized carbons (Fsp3) is 0.357. The first-order valence-corrected chi connectivity index (χ1v) is 17.2. The first kappa shape index (κ1) is 42.4. The van der Waals surface area contributed by atoms with Crippen LogP contribution in [-0.4, -0.2) is 72.4 Å². The van der Waals surface area contributed by atoms with E-state index in [1.54, 1.807) is 60.7 Å². The van der Waals surface area contributed by atoms with Gasteiger partial charge in [-0.15, -0.1) is 0 Å². The lowest BCUT2D eigenvalue weighted by Gasteiger charge is -2.32. The molecule has 4 aromatic carbocycles. The molecule has 53 heavy (non-hydrogen) atoms. The lowest BCUT2D eigenvalue weighted by Crippen LogP contribution is -2.30. The van der Waals surface area contributed by atoms with Crippen LogP contribution in [0.1, 0.15) is 77.1 Å². The second kappa shape index (κ2) is 19.7. The lowest BCUT2D eigenvalue weighted by molar-refractivity contribution is -0.142. The Bertz CT molecular complexity index is 1890. The van der Waals surface area contributed by atoms with Gasteiger partial charge < -0.3 is 29.9 Å². The molecule has 0 bridgehead atoms. The number of nitrogens with zero attached hydrogens (tertiary/aromatic N) is 4. The van der Waals surface area contributed by atoms with E-state index < -0.39 is 17.2 Å². The van der Waals surface area contributed by atoms with Crippen LogP contribution in [0.5, 0.6) is 0 Å². The van der Waals surface area contributed by atoms with Crippen LogP contribution in [0.3, 0.4) is 0 Å². The fourth-order valence-corrected chi connectivity index (χ4v) is 6.19. The standard InChI is InChI=1S/C22H25FN2O3.C20H23FN2O2/c1-16(26)28-15-18-13-17(14-24)5-10-21(18)22(27,11-4-12-25(2)3)19-6-8-20(23)9-7-19;1-23(2)11-3-10-20(25,17-5-7-18(21)8-6-17)19-9-4-15(13-22)12-16(19)14-24/h5-10,13,27H,4,11-12,15H2,1-3H3;4-9,12,24-25H,3,10-11,14H2,1-2H3/t;20-/m.0/s1. The molecular weight excluding hydrogens is 678 g/mol. The maximum absolute atomic E-state index is 13.4. The van der Waals surface area contributed by atoms with Gasteiger partial charge in [0, 0.05) is 6.92 Å². The molecule has 4 aromatic rings. The molecule has 11 heteroatoms. The number of halogens is 2. The zero-order valence-electron chi connectivity index (χ0n) is 30.9. The van der Waals surface area contributed by atoms with Gasteiger partial charge in [-0.1, -0.05) is 36.4 Å². The van der Waals surface area contributed by atoms with Crippen LogP contribution < -0.4 is 0 Å². The van der Waals surface area contributed by atoms with E-state index in [2.05, 4.69) is 6.07 Å². The summed E-state index contributed by atoms with van der Waals surface area (Å²) in [6.45, 7) is 2.50. The first-order chi connectivity index (χ1) is 25.2. The van der Waals surface area contributed by atoms with Crippen LogP contribution in [-0.2, 0) is 33.9 Å². The number of hydrogen-bond acceptors (Lipinski definition) is 9. The van der Waals surface area contributed by atoms with Crippen molar-refractivity contribution in [2.24, 2.45) is 0 Å². The number of aliphatic hydroxyl groups excluding tert-OH is 1. The SMILES string of the molecule is CC(=O)OCc1cc(C#N)ccc1C(O)(CCCN(C)C)c1ccc(F)cc1.CN(C)CCC[C@](O)(c1ccc(F)cc1)c1ccc(C#N)cc1CO. The van der Waals surface area contributed by atoms with E-state index in [-0.39, 0.29) is 24.8 Å². The van der Waals surface area contributed by atoms with Crippen molar-refractivity contribution in [2.45, 2.75) is 57.0 Å². The smallest absolute Gasteiger partial charge is 0.302 e. The Morgan fingerprint density at radius 3 is 1.45 bits per heavy atom. The Morgan fingerprint density at radius 1 is 0.698 bits per heavy atom. The van der Waals surface area contributed by atoms with E-state index in [0.29, 0.717) is 70.2 Å². The van der Waals surface area contributed by atoms with Gasteiger partial charge in [0.15, 0.2) is 0 Å². The van der Waals surface area contributed by atoms with Gasteiger partial charge >= 0.3 is 5.97 Å². The highest BCUT2D eigenvalue weighted by Crippen LogP contribution is 2.38. The first-order valence-electron chi connectivity index (χ1n) is 17.2. The van der Waals surface area contributed by atoms with E-state index in [9.17, 15) is 34.2 Å². The average molecular weight is 727 g/mol. The van der Waals surface area contributed by atoms with E-state index in [4.69, 9.17) is 10.00 Å². The maximum atomic E-state index is 13.4. The summed E-state index contributed by atoms with van der Waals surface area (Å²) in [6.07, 6.45) is 2.20. The van der Waals surface area contributed by atoms with Gasteiger partial charge in [-0.3, -0.25) is 4.79 Å². The van der Waals surface area contributed by atoms with Crippen LogP contribution in [0, 0.1) is 34.3 Å². The predicted octanol–water partition coefficient (Wildman–Crippen LogP) is 6.11. The zero-order chi connectivity index (χ0) is 39.2. The monoisotopic (exact) mass is 726 g/mol. The van der Waals surface area contributed by atoms with Crippen molar-refractivity contribution in [3.63, 3.8) is 0 Å². The number of carbonyl (C=O) groups excluding carboxylic acids is 1. The largest absolute Gasteiger partial charge is 0.461 e. The Morgan fingerprint density at radius 2 is 1.09 bits per heavy atom. The van der Waals surface area contributed by atoms with Crippen molar-refractivity contribution in [2.75, 3.05) is 41.3 Å². The lowest BCUT2D eigenvalue weighted by atomic mass is 9.80. The normalized spacial score (nSPS) is 13.2. The quantitative estimate of drug-likeness (QED) is 0.124. The van der Waals surface area contributed by atoms with Gasteiger partial charge in [0.05, 0.1) is 29.9 Å². The van der Waals surface area contributed by atoms with Crippen molar-refractivity contribution in [1.82, 2.24) is 9.80 Å². The Labute approximate surface area is 310 Å². The highest BCUT2D eigenvalue weighted by Gasteiger charge is 2.35. The molecule has 0 aliphatic carbocycles. The summed E-state index contributed by atoms with van der Waals surface area (Å²) in [5.74, 6) is -1.22. The third-order valence-corrected chi connectivity index (χ3v) is 8.89. The topological polar surface area (TPSA) is 141 Å². The van der Waals surface area contributed by atoms with Crippen LogP contribution in [0.15, 0.2) is 84.9 Å². The molecule has 0 aromatic heterocycles. The third-order valence-electron chi connectivity index (χ3n) is 8.89. The number of hydrogen-bond donors (Lipinski definition) is 3. The summed E-state index contributed by atoms with van der Waals surface area (Å²) in [4.78, 5) is 15.3. The molecular formula is C42H48F2N4O5. The van der Waals surface area contributed by atoms with Gasteiger partial charge in [-0.2, -0.15) is 10.5 Å². The minimum Gasteiger partial charge on any atom is -0.461 e. The van der Waals surface area contributed by atoms with Gasteiger partial charge in [-0.25, -0.2) is 8.78 Å². The number of benzene rings is 4. The van der Waals surface area contributed by atoms with Gasteiger partial charge in [0.2, 0.25) is 0 Å². The number of ether oxygens (including phenoxy) is 1. The van der Waals surface area contributed by atoms with Crippen molar-refractivity contribution in [3.05, 3.63) is 141 Å². The molecule has 4 rings (SSSR count). The molecule has 0 aliphatic rings. The van der Waals surface area contributed by atoms with E-state index in [1.807, 2.05) is 44.1 Å². The molecule has 1 unspecified atom stereocenters.